The van der Waals surface area contributed by atoms with Crippen LogP contribution in [0.25, 0.3) is 5.57 Å². The van der Waals surface area contributed by atoms with Crippen molar-refractivity contribution in [2.24, 2.45) is 5.92 Å². The van der Waals surface area contributed by atoms with Gasteiger partial charge in [-0.05, 0) is 0 Å². The van der Waals surface area contributed by atoms with E-state index in [0.717, 1.165) is 0 Å². The molecule has 0 saturated heterocycles. The Bertz CT molecular complexity index is 1190. The number of rotatable bonds is 7. The summed E-state index contributed by atoms with van der Waals surface area (Å²) >= 11 is -1.89. The minimum atomic E-state index is -3.40. The van der Waals surface area contributed by atoms with Gasteiger partial charge in [-0.1, -0.05) is 0 Å². The summed E-state index contributed by atoms with van der Waals surface area (Å²) in [6.07, 6.45) is 5.40. The van der Waals surface area contributed by atoms with Crippen LogP contribution in [0.15, 0.2) is 80.7 Å². The predicted molar refractivity (Wildman–Crippen MR) is 156 cm³/mol. The summed E-state index contributed by atoms with van der Waals surface area (Å²) in [6.45, 7) is 14.7. The summed E-state index contributed by atoms with van der Waals surface area (Å²) in [4.78, 5) is 0. The average Bonchev–Trinajstić information content (AvgIpc) is 3.28. The number of hydrogen-bond donors (Lipinski definition) is 0. The van der Waals surface area contributed by atoms with E-state index in [1.54, 1.807) is 22.3 Å². The zero-order valence-electron chi connectivity index (χ0n) is 21.8. The average molecular weight is 637 g/mol. The van der Waals surface area contributed by atoms with Crippen molar-refractivity contribution in [3.63, 3.8) is 0 Å². The summed E-state index contributed by atoms with van der Waals surface area (Å²) in [6, 6.07) is 20.5. The second kappa shape index (κ2) is 11.4. The van der Waals surface area contributed by atoms with E-state index in [-0.39, 0.29) is 24.8 Å². The molecule has 2 aromatic rings. The van der Waals surface area contributed by atoms with Crippen LogP contribution in [-0.2, 0) is 15.7 Å². The van der Waals surface area contributed by atoms with Crippen LogP contribution >= 0.6 is 24.8 Å². The van der Waals surface area contributed by atoms with Crippen molar-refractivity contribution in [2.45, 2.75) is 66.3 Å². The van der Waals surface area contributed by atoms with Gasteiger partial charge in [0.1, 0.15) is 0 Å². The Morgan fingerprint density at radius 2 is 1.35 bits per heavy atom. The normalized spacial score (nSPS) is 20.0. The molecule has 2 unspecified atom stereocenters. The van der Waals surface area contributed by atoms with E-state index >= 15 is 0 Å². The smallest absolute Gasteiger partial charge is 0.147 e. The first kappa shape index (κ1) is 29.9. The second-order valence-corrected chi connectivity index (χ2v) is 47.8. The van der Waals surface area contributed by atoms with Gasteiger partial charge in [-0.3, -0.25) is 0 Å². The topological polar surface area (TPSA) is 0 Å². The van der Waals surface area contributed by atoms with Crippen molar-refractivity contribution < 1.29 is 15.7 Å². The molecule has 0 radical (unpaired) electrons. The Morgan fingerprint density at radius 1 is 0.794 bits per heavy atom. The molecule has 0 fully saturated rings. The van der Waals surface area contributed by atoms with Gasteiger partial charge in [0.15, 0.2) is 0 Å². The van der Waals surface area contributed by atoms with Crippen LogP contribution < -0.4 is 0 Å². The summed E-state index contributed by atoms with van der Waals surface area (Å²) in [5.74, 6) is 0.633. The van der Waals surface area contributed by atoms with E-state index in [9.17, 15) is 0 Å². The molecule has 0 heterocycles. The first-order valence-corrected chi connectivity index (χ1v) is 29.2. The van der Waals surface area contributed by atoms with Crippen molar-refractivity contribution in [2.75, 3.05) is 0 Å². The molecular weight excluding hydrogens is 595 g/mol. The molecule has 2 aliphatic rings. The first-order chi connectivity index (χ1) is 15.3. The molecule has 0 bridgehead atoms. The Morgan fingerprint density at radius 3 is 1.88 bits per heavy atom. The summed E-state index contributed by atoms with van der Waals surface area (Å²) in [5.41, 5.74) is 10.9. The van der Waals surface area contributed by atoms with Gasteiger partial charge in [0.05, 0.1) is 0 Å². The molecule has 34 heavy (non-hydrogen) atoms. The molecule has 184 valence electrons. The molecule has 0 spiro atoms. The van der Waals surface area contributed by atoms with E-state index in [1.807, 2.05) is 3.28 Å². The van der Waals surface area contributed by atoms with Crippen LogP contribution in [0.3, 0.4) is 0 Å². The minimum absolute atomic E-state index is 0. The molecule has 0 aliphatic heterocycles. The Hall–Kier alpha value is -0.334. The van der Waals surface area contributed by atoms with Gasteiger partial charge in [-0.15, -0.1) is 24.8 Å². The maximum atomic E-state index is 2.76. The maximum Gasteiger partial charge on any atom is -0.147 e. The van der Waals surface area contributed by atoms with Gasteiger partial charge in [0, 0.05) is 0 Å². The minimum Gasteiger partial charge on any atom is -0.147 e. The molecule has 0 saturated carbocycles. The van der Waals surface area contributed by atoms with Crippen molar-refractivity contribution in [1.82, 2.24) is 0 Å². The summed E-state index contributed by atoms with van der Waals surface area (Å²) in [5, 5.41) is 0. The van der Waals surface area contributed by atoms with Crippen molar-refractivity contribution in [3.05, 3.63) is 97.4 Å². The number of fused-ring (bicyclic) bond motifs is 1. The number of hydrogen-bond acceptors (Lipinski definition) is 0. The van der Waals surface area contributed by atoms with Gasteiger partial charge in [0.2, 0.25) is 0 Å². The molecule has 0 aromatic heterocycles. The number of allylic oxidation sites excluding steroid dienone is 5. The van der Waals surface area contributed by atoms with Crippen LogP contribution in [0.2, 0.25) is 8.26 Å². The molecule has 0 nitrogen and oxygen atoms in total. The van der Waals surface area contributed by atoms with Crippen molar-refractivity contribution in [1.29, 1.82) is 0 Å². The zero-order valence-corrected chi connectivity index (χ0v) is 28.8. The first-order valence-electron chi connectivity index (χ1n) is 12.6. The van der Waals surface area contributed by atoms with Crippen LogP contribution in [0.1, 0.15) is 74.7 Å². The molecular formula is C30H42Cl2GeZr. The van der Waals surface area contributed by atoms with Gasteiger partial charge < -0.3 is 0 Å². The van der Waals surface area contributed by atoms with Gasteiger partial charge in [0.25, 0.3) is 0 Å². The third-order valence-corrected chi connectivity index (χ3v) is 47.2. The SMILES string of the molecule is CC[CH2][Zr](=[GeH2])([CH2]CC)([C]1=C(C)C(C)=C(C)C1C)[CH]1C=C(c2ccccc2)c2ccccc21.Cl.Cl. The van der Waals surface area contributed by atoms with Gasteiger partial charge in [-0.2, -0.15) is 0 Å². The monoisotopic (exact) mass is 636 g/mol. The summed E-state index contributed by atoms with van der Waals surface area (Å²) in [7, 11) is 0. The van der Waals surface area contributed by atoms with Crippen LogP contribution in [0, 0.1) is 5.92 Å². The fraction of sp³-hybridized carbons (Fsp3) is 0.400. The molecule has 2 aliphatic carbocycles. The van der Waals surface area contributed by atoms with Crippen LogP contribution in [0.5, 0.6) is 0 Å². The molecule has 4 rings (SSSR count). The van der Waals surface area contributed by atoms with Gasteiger partial charge in [-0.25, -0.2) is 0 Å². The van der Waals surface area contributed by atoms with E-state index in [0.29, 0.717) is 9.54 Å². The summed E-state index contributed by atoms with van der Waals surface area (Å²) < 4.78 is 5.57. The third-order valence-electron chi connectivity index (χ3n) is 8.93. The van der Waals surface area contributed by atoms with E-state index in [1.165, 1.54) is 49.9 Å². The second-order valence-electron chi connectivity index (χ2n) is 10.6. The molecule has 0 amide bonds. The van der Waals surface area contributed by atoms with E-state index in [2.05, 4.69) is 102 Å². The van der Waals surface area contributed by atoms with Crippen molar-refractivity contribution >= 4 is 42.5 Å². The Labute approximate surface area is 225 Å². The van der Waals surface area contributed by atoms with Gasteiger partial charge >= 0.3 is 203 Å². The molecule has 2 aromatic carbocycles. The Balaban J connectivity index is 0.00000204. The Kier molecular flexibility index (Phi) is 10.00. The molecule has 4 heteroatoms. The fourth-order valence-corrected chi connectivity index (χ4v) is 48.4. The van der Waals surface area contributed by atoms with E-state index < -0.39 is 15.7 Å². The largest absolute Gasteiger partial charge is 0.147 e. The van der Waals surface area contributed by atoms with Crippen molar-refractivity contribution in [3.8, 4) is 0 Å². The maximum absolute atomic E-state index is 3.40. The predicted octanol–water partition coefficient (Wildman–Crippen LogP) is 9.17. The fourth-order valence-electron chi connectivity index (χ4n) is 7.43. The number of halogens is 2. The standard InChI is InChI=1S/C15H11.C9H13.2C3H7.2ClH.GeH2.Zr/c1-2-6-12(7-3-1)15-11-10-13-8-4-5-9-14(13)15;1-6-5-7(2)9(4)8(6)3;2*1-3-2;;;;/h1-11H;6H,1-4H3;2*1,3H2,2H3;2*1H;1H2;. The van der Waals surface area contributed by atoms with Crippen LogP contribution in [0.4, 0.5) is 0 Å². The zero-order chi connectivity index (χ0) is 23.1. The van der Waals surface area contributed by atoms with E-state index in [4.69, 9.17) is 0 Å². The molecule has 2 atom stereocenters. The third kappa shape index (κ3) is 4.58. The van der Waals surface area contributed by atoms with Crippen LogP contribution in [-0.4, -0.2) is 12.1 Å². The quantitative estimate of drug-likeness (QED) is 0.266. The number of benzene rings is 2. The molecule has 0 N–H and O–H groups in total.